The highest BCUT2D eigenvalue weighted by molar-refractivity contribution is 5.97. The second-order valence-electron chi connectivity index (χ2n) is 6.00. The molecule has 1 aliphatic carbocycles. The third-order valence-corrected chi connectivity index (χ3v) is 4.62. The largest absolute Gasteiger partial charge is 0.356 e. The van der Waals surface area contributed by atoms with E-state index < -0.39 is 0 Å². The molecule has 1 amide bonds. The molecule has 0 bridgehead atoms. The fourth-order valence-corrected chi connectivity index (χ4v) is 3.39. The number of rotatable bonds is 3. The van der Waals surface area contributed by atoms with Crippen LogP contribution in [-0.2, 0) is 4.79 Å². The van der Waals surface area contributed by atoms with Gasteiger partial charge in [-0.25, -0.2) is 4.98 Å². The summed E-state index contributed by atoms with van der Waals surface area (Å²) in [6, 6.07) is 3.92. The quantitative estimate of drug-likeness (QED) is 0.849. The molecule has 0 spiro atoms. The predicted molar refractivity (Wildman–Crippen MR) is 81.1 cm³/mol. The average Bonchev–Trinajstić information content (AvgIpc) is 2.99. The van der Waals surface area contributed by atoms with Gasteiger partial charge in [-0.15, -0.1) is 0 Å². The fraction of sp³-hybridized carbons (Fsp3) is 0.625. The van der Waals surface area contributed by atoms with Gasteiger partial charge in [0.05, 0.1) is 5.69 Å². The van der Waals surface area contributed by atoms with E-state index in [0.717, 1.165) is 36.9 Å². The van der Waals surface area contributed by atoms with E-state index >= 15 is 0 Å². The summed E-state index contributed by atoms with van der Waals surface area (Å²) in [6.07, 6.45) is 8.86. The fourth-order valence-electron chi connectivity index (χ4n) is 3.39. The molecule has 0 radical (unpaired) electrons. The van der Waals surface area contributed by atoms with Gasteiger partial charge in [-0.05, 0) is 24.5 Å². The molecule has 0 aromatic carbocycles. The number of aromatic nitrogens is 1. The van der Waals surface area contributed by atoms with E-state index in [0.29, 0.717) is 6.42 Å². The number of hydrogen-bond acceptors (Lipinski definition) is 3. The summed E-state index contributed by atoms with van der Waals surface area (Å²) in [5, 5.41) is 0. The van der Waals surface area contributed by atoms with Gasteiger partial charge in [0, 0.05) is 32.8 Å². The Morgan fingerprint density at radius 3 is 2.95 bits per heavy atom. The lowest BCUT2D eigenvalue weighted by molar-refractivity contribution is -0.118. The van der Waals surface area contributed by atoms with Crippen LogP contribution in [0, 0.1) is 5.92 Å². The Morgan fingerprint density at radius 1 is 1.35 bits per heavy atom. The average molecular weight is 273 g/mol. The van der Waals surface area contributed by atoms with Gasteiger partial charge >= 0.3 is 0 Å². The predicted octanol–water partition coefficient (Wildman–Crippen LogP) is 2.83. The SMILES string of the molecule is CN1CCN(C(=O)CCC2CCCC2)c2cccnc21. The molecule has 4 heteroatoms. The van der Waals surface area contributed by atoms with Crippen LogP contribution in [0.1, 0.15) is 38.5 Å². The Morgan fingerprint density at radius 2 is 2.15 bits per heavy atom. The summed E-state index contributed by atoms with van der Waals surface area (Å²) < 4.78 is 0. The molecule has 1 saturated carbocycles. The first-order chi connectivity index (χ1) is 9.75. The van der Waals surface area contributed by atoms with Gasteiger partial charge in [-0.1, -0.05) is 25.7 Å². The van der Waals surface area contributed by atoms with Crippen molar-refractivity contribution in [1.29, 1.82) is 0 Å². The Hall–Kier alpha value is -1.58. The molecule has 1 fully saturated rings. The molecule has 3 rings (SSSR count). The van der Waals surface area contributed by atoms with Gasteiger partial charge in [0.15, 0.2) is 5.82 Å². The van der Waals surface area contributed by atoms with Gasteiger partial charge in [0.2, 0.25) is 5.91 Å². The highest BCUT2D eigenvalue weighted by atomic mass is 16.2. The first-order valence-corrected chi connectivity index (χ1v) is 7.72. The van der Waals surface area contributed by atoms with Gasteiger partial charge in [0.25, 0.3) is 0 Å². The Kier molecular flexibility index (Phi) is 3.90. The van der Waals surface area contributed by atoms with Crippen LogP contribution in [0.15, 0.2) is 18.3 Å². The monoisotopic (exact) mass is 273 g/mol. The van der Waals surface area contributed by atoms with E-state index in [-0.39, 0.29) is 5.91 Å². The van der Waals surface area contributed by atoms with Crippen LogP contribution in [-0.4, -0.2) is 31.0 Å². The number of carbonyl (C=O) groups excluding carboxylic acids is 1. The number of pyridine rings is 1. The Labute approximate surface area is 120 Å². The molecule has 1 aromatic heterocycles. The van der Waals surface area contributed by atoms with Gasteiger partial charge < -0.3 is 9.80 Å². The smallest absolute Gasteiger partial charge is 0.227 e. The molecule has 0 N–H and O–H groups in total. The molecular formula is C16H23N3O. The summed E-state index contributed by atoms with van der Waals surface area (Å²) in [5.41, 5.74) is 0.970. The minimum atomic E-state index is 0.263. The lowest BCUT2D eigenvalue weighted by Gasteiger charge is -2.34. The zero-order chi connectivity index (χ0) is 13.9. The molecular weight excluding hydrogens is 250 g/mol. The lowest BCUT2D eigenvalue weighted by Crippen LogP contribution is -2.43. The van der Waals surface area contributed by atoms with Crippen molar-refractivity contribution in [2.24, 2.45) is 5.92 Å². The summed E-state index contributed by atoms with van der Waals surface area (Å²) in [7, 11) is 2.03. The first-order valence-electron chi connectivity index (χ1n) is 7.72. The summed E-state index contributed by atoms with van der Waals surface area (Å²) in [4.78, 5) is 21.0. The van der Waals surface area contributed by atoms with Gasteiger partial charge in [0.1, 0.15) is 0 Å². The Bertz CT molecular complexity index is 482. The van der Waals surface area contributed by atoms with Crippen LogP contribution in [0.2, 0.25) is 0 Å². The van der Waals surface area contributed by atoms with Gasteiger partial charge in [-0.3, -0.25) is 4.79 Å². The number of carbonyl (C=O) groups is 1. The maximum absolute atomic E-state index is 12.5. The summed E-state index contributed by atoms with van der Waals surface area (Å²) in [5.74, 6) is 1.96. The molecule has 4 nitrogen and oxygen atoms in total. The van der Waals surface area contributed by atoms with Crippen LogP contribution in [0.4, 0.5) is 11.5 Å². The molecule has 2 aliphatic rings. The number of fused-ring (bicyclic) bond motifs is 1. The number of likely N-dealkylation sites (N-methyl/N-ethyl adjacent to an activating group) is 1. The van der Waals surface area contributed by atoms with Gasteiger partial charge in [-0.2, -0.15) is 0 Å². The van der Waals surface area contributed by atoms with Crippen LogP contribution >= 0.6 is 0 Å². The van der Waals surface area contributed by atoms with Crippen molar-refractivity contribution in [2.45, 2.75) is 38.5 Å². The van der Waals surface area contributed by atoms with Crippen LogP contribution in [0.5, 0.6) is 0 Å². The topological polar surface area (TPSA) is 36.4 Å². The highest BCUT2D eigenvalue weighted by Gasteiger charge is 2.26. The zero-order valence-electron chi connectivity index (χ0n) is 12.2. The van der Waals surface area contributed by atoms with E-state index in [9.17, 15) is 4.79 Å². The minimum Gasteiger partial charge on any atom is -0.356 e. The maximum atomic E-state index is 12.5. The maximum Gasteiger partial charge on any atom is 0.227 e. The van der Waals surface area contributed by atoms with Crippen molar-refractivity contribution in [3.05, 3.63) is 18.3 Å². The van der Waals surface area contributed by atoms with Crippen molar-refractivity contribution in [1.82, 2.24) is 4.98 Å². The standard InChI is InChI=1S/C16H23N3O/c1-18-11-12-19(14-7-4-10-17-16(14)18)15(20)9-8-13-5-2-3-6-13/h4,7,10,13H,2-3,5-6,8-9,11-12H2,1H3. The first kappa shape index (κ1) is 13.4. The van der Waals surface area contributed by atoms with E-state index in [1.165, 1.54) is 25.7 Å². The van der Waals surface area contributed by atoms with Crippen molar-refractivity contribution in [2.75, 3.05) is 29.9 Å². The summed E-state index contributed by atoms with van der Waals surface area (Å²) >= 11 is 0. The molecule has 0 atom stereocenters. The zero-order valence-corrected chi connectivity index (χ0v) is 12.2. The lowest BCUT2D eigenvalue weighted by atomic mass is 10.0. The van der Waals surface area contributed by atoms with E-state index in [2.05, 4.69) is 9.88 Å². The number of amides is 1. The van der Waals surface area contributed by atoms with E-state index in [1.54, 1.807) is 6.20 Å². The number of hydrogen-bond donors (Lipinski definition) is 0. The minimum absolute atomic E-state index is 0.263. The van der Waals surface area contributed by atoms with Crippen molar-refractivity contribution >= 4 is 17.4 Å². The molecule has 20 heavy (non-hydrogen) atoms. The molecule has 108 valence electrons. The van der Waals surface area contributed by atoms with Crippen LogP contribution in [0.3, 0.4) is 0 Å². The normalized spacial score (nSPS) is 19.2. The summed E-state index contributed by atoms with van der Waals surface area (Å²) in [6.45, 7) is 1.64. The third kappa shape index (κ3) is 2.65. The molecule has 0 saturated heterocycles. The molecule has 2 heterocycles. The highest BCUT2D eigenvalue weighted by Crippen LogP contribution is 2.32. The molecule has 0 unspecified atom stereocenters. The molecule has 1 aromatic rings. The third-order valence-electron chi connectivity index (χ3n) is 4.62. The van der Waals surface area contributed by atoms with Crippen LogP contribution in [0.25, 0.3) is 0 Å². The second kappa shape index (κ2) is 5.81. The second-order valence-corrected chi connectivity index (χ2v) is 6.00. The molecule has 1 aliphatic heterocycles. The van der Waals surface area contributed by atoms with Crippen LogP contribution < -0.4 is 9.80 Å². The van der Waals surface area contributed by atoms with Crippen molar-refractivity contribution < 1.29 is 4.79 Å². The number of nitrogens with zero attached hydrogens (tertiary/aromatic N) is 3. The van der Waals surface area contributed by atoms with E-state index in [4.69, 9.17) is 0 Å². The van der Waals surface area contributed by atoms with Crippen molar-refractivity contribution in [3.63, 3.8) is 0 Å². The Balaban J connectivity index is 1.67. The van der Waals surface area contributed by atoms with E-state index in [1.807, 2.05) is 24.1 Å². The number of anilines is 2. The van der Waals surface area contributed by atoms with Crippen molar-refractivity contribution in [3.8, 4) is 0 Å².